The minimum atomic E-state index is -0.00480. The molecule has 140 valence electrons. The van der Waals surface area contributed by atoms with Crippen molar-refractivity contribution in [1.82, 2.24) is 19.3 Å². The molecule has 1 saturated carbocycles. The summed E-state index contributed by atoms with van der Waals surface area (Å²) in [5.41, 5.74) is 2.68. The molecule has 3 heterocycles. The van der Waals surface area contributed by atoms with Gasteiger partial charge in [0.1, 0.15) is 5.82 Å². The highest BCUT2D eigenvalue weighted by Crippen LogP contribution is 2.33. The second-order valence-corrected chi connectivity index (χ2v) is 7.44. The quantitative estimate of drug-likeness (QED) is 0.687. The van der Waals surface area contributed by atoms with Gasteiger partial charge in [0.25, 0.3) is 5.91 Å². The largest absolute Gasteiger partial charge is 0.340 e. The molecule has 1 aliphatic rings. The van der Waals surface area contributed by atoms with Crippen LogP contribution in [0, 0.1) is 0 Å². The van der Waals surface area contributed by atoms with Gasteiger partial charge in [-0.25, -0.2) is 4.98 Å². The van der Waals surface area contributed by atoms with E-state index >= 15 is 0 Å². The SMILES string of the molecule is CN(CCc1ccncc1)C(=O)c1nc(C2CCCCC2)n2ccccc12. The van der Waals surface area contributed by atoms with Crippen LogP contribution in [0.5, 0.6) is 0 Å². The van der Waals surface area contributed by atoms with Crippen molar-refractivity contribution in [2.24, 2.45) is 0 Å². The molecule has 4 rings (SSSR count). The first kappa shape index (κ1) is 17.7. The molecule has 27 heavy (non-hydrogen) atoms. The van der Waals surface area contributed by atoms with E-state index in [0.29, 0.717) is 18.2 Å². The summed E-state index contributed by atoms with van der Waals surface area (Å²) >= 11 is 0. The topological polar surface area (TPSA) is 50.5 Å². The molecule has 3 aromatic rings. The molecule has 0 atom stereocenters. The average molecular weight is 362 g/mol. The van der Waals surface area contributed by atoms with E-state index in [9.17, 15) is 4.79 Å². The average Bonchev–Trinajstić information content (AvgIpc) is 3.12. The number of amides is 1. The fourth-order valence-electron chi connectivity index (χ4n) is 4.00. The lowest BCUT2D eigenvalue weighted by molar-refractivity contribution is 0.0793. The smallest absolute Gasteiger partial charge is 0.274 e. The number of fused-ring (bicyclic) bond motifs is 1. The first-order valence-corrected chi connectivity index (χ1v) is 9.85. The lowest BCUT2D eigenvalue weighted by atomic mass is 9.89. The zero-order valence-corrected chi connectivity index (χ0v) is 15.8. The third-order valence-electron chi connectivity index (χ3n) is 5.58. The molecule has 3 aromatic heterocycles. The molecule has 0 aromatic carbocycles. The Morgan fingerprint density at radius 3 is 2.70 bits per heavy atom. The second kappa shape index (κ2) is 7.91. The number of pyridine rings is 2. The monoisotopic (exact) mass is 362 g/mol. The maximum absolute atomic E-state index is 13.1. The van der Waals surface area contributed by atoms with Crippen LogP contribution in [0.25, 0.3) is 5.52 Å². The van der Waals surface area contributed by atoms with Crippen molar-refractivity contribution >= 4 is 11.4 Å². The van der Waals surface area contributed by atoms with Crippen LogP contribution in [-0.4, -0.2) is 38.8 Å². The number of imidazole rings is 1. The molecule has 0 aliphatic heterocycles. The maximum Gasteiger partial charge on any atom is 0.274 e. The zero-order chi connectivity index (χ0) is 18.6. The van der Waals surface area contributed by atoms with E-state index in [1.165, 1.54) is 37.7 Å². The number of aromatic nitrogens is 3. The van der Waals surface area contributed by atoms with Gasteiger partial charge in [-0.3, -0.25) is 9.78 Å². The summed E-state index contributed by atoms with van der Waals surface area (Å²) in [6.07, 6.45) is 12.6. The van der Waals surface area contributed by atoms with E-state index in [2.05, 4.69) is 9.38 Å². The summed E-state index contributed by atoms with van der Waals surface area (Å²) in [5.74, 6) is 1.50. The fourth-order valence-corrected chi connectivity index (χ4v) is 4.00. The summed E-state index contributed by atoms with van der Waals surface area (Å²) in [5, 5.41) is 0. The Bertz CT molecular complexity index is 912. The third-order valence-corrected chi connectivity index (χ3v) is 5.58. The fraction of sp³-hybridized carbons (Fsp3) is 0.409. The summed E-state index contributed by atoms with van der Waals surface area (Å²) in [7, 11) is 1.86. The number of carbonyl (C=O) groups excluding carboxylic acids is 1. The van der Waals surface area contributed by atoms with Crippen molar-refractivity contribution in [2.75, 3.05) is 13.6 Å². The first-order chi connectivity index (χ1) is 13.2. The molecular formula is C22H26N4O. The normalized spacial score (nSPS) is 15.1. The van der Waals surface area contributed by atoms with E-state index in [1.54, 1.807) is 17.3 Å². The summed E-state index contributed by atoms with van der Waals surface area (Å²) in [4.78, 5) is 23.8. The molecule has 0 spiro atoms. The number of carbonyl (C=O) groups is 1. The Kier molecular flexibility index (Phi) is 5.19. The standard InChI is InChI=1S/C22H26N4O/c1-25(16-12-17-10-13-23-14-11-17)22(27)20-19-9-5-6-15-26(19)21(24-20)18-7-3-2-4-8-18/h5-6,9-11,13-15,18H,2-4,7-8,12,16H2,1H3. The van der Waals surface area contributed by atoms with E-state index < -0.39 is 0 Å². The first-order valence-electron chi connectivity index (χ1n) is 9.85. The molecule has 5 heteroatoms. The van der Waals surface area contributed by atoms with Crippen LogP contribution in [0.3, 0.4) is 0 Å². The Morgan fingerprint density at radius 2 is 1.93 bits per heavy atom. The lowest BCUT2D eigenvalue weighted by Crippen LogP contribution is -2.29. The van der Waals surface area contributed by atoms with Gasteiger partial charge in [0.05, 0.1) is 5.52 Å². The highest BCUT2D eigenvalue weighted by molar-refractivity contribution is 5.99. The minimum absolute atomic E-state index is 0.00480. The molecule has 0 radical (unpaired) electrons. The molecule has 0 N–H and O–H groups in total. The van der Waals surface area contributed by atoms with Crippen molar-refractivity contribution in [3.8, 4) is 0 Å². The highest BCUT2D eigenvalue weighted by Gasteiger charge is 2.25. The molecule has 1 fully saturated rings. The van der Waals surface area contributed by atoms with Gasteiger partial charge in [0, 0.05) is 38.1 Å². The second-order valence-electron chi connectivity index (χ2n) is 7.44. The Hall–Kier alpha value is -2.69. The van der Waals surface area contributed by atoms with Crippen molar-refractivity contribution in [3.05, 3.63) is 66.0 Å². The summed E-state index contributed by atoms with van der Waals surface area (Å²) in [6.45, 7) is 0.660. The summed E-state index contributed by atoms with van der Waals surface area (Å²) in [6, 6.07) is 9.98. The van der Waals surface area contributed by atoms with Crippen LogP contribution in [-0.2, 0) is 6.42 Å². The Labute approximate surface area is 160 Å². The highest BCUT2D eigenvalue weighted by atomic mass is 16.2. The molecule has 1 amide bonds. The van der Waals surface area contributed by atoms with Crippen molar-refractivity contribution < 1.29 is 4.79 Å². The van der Waals surface area contributed by atoms with Crippen molar-refractivity contribution in [3.63, 3.8) is 0 Å². The number of hydrogen-bond acceptors (Lipinski definition) is 3. The number of hydrogen-bond donors (Lipinski definition) is 0. The van der Waals surface area contributed by atoms with E-state index in [0.717, 1.165) is 17.8 Å². The van der Waals surface area contributed by atoms with E-state index in [4.69, 9.17) is 4.98 Å². The molecule has 0 saturated heterocycles. The molecule has 1 aliphatic carbocycles. The predicted octanol–water partition coefficient (Wildman–Crippen LogP) is 4.09. The van der Waals surface area contributed by atoms with Gasteiger partial charge in [-0.05, 0) is 49.1 Å². The van der Waals surface area contributed by atoms with Gasteiger partial charge in [-0.2, -0.15) is 0 Å². The Morgan fingerprint density at radius 1 is 1.15 bits per heavy atom. The van der Waals surface area contributed by atoms with Crippen LogP contribution in [0.4, 0.5) is 0 Å². The van der Waals surface area contributed by atoms with Crippen LogP contribution in [0.1, 0.15) is 59.9 Å². The number of nitrogens with zero attached hydrogens (tertiary/aromatic N) is 4. The van der Waals surface area contributed by atoms with Gasteiger partial charge < -0.3 is 9.30 Å². The Balaban J connectivity index is 1.57. The zero-order valence-electron chi connectivity index (χ0n) is 15.8. The summed E-state index contributed by atoms with van der Waals surface area (Å²) < 4.78 is 2.12. The number of rotatable bonds is 5. The van der Waals surface area contributed by atoms with Crippen LogP contribution in [0.15, 0.2) is 48.9 Å². The van der Waals surface area contributed by atoms with Gasteiger partial charge in [-0.1, -0.05) is 25.3 Å². The van der Waals surface area contributed by atoms with Crippen molar-refractivity contribution in [2.45, 2.75) is 44.4 Å². The van der Waals surface area contributed by atoms with Crippen LogP contribution >= 0.6 is 0 Å². The van der Waals surface area contributed by atoms with Gasteiger partial charge >= 0.3 is 0 Å². The molecule has 0 bridgehead atoms. The maximum atomic E-state index is 13.1. The third kappa shape index (κ3) is 3.72. The van der Waals surface area contributed by atoms with E-state index in [1.807, 2.05) is 43.6 Å². The van der Waals surface area contributed by atoms with E-state index in [-0.39, 0.29) is 5.91 Å². The predicted molar refractivity (Wildman–Crippen MR) is 106 cm³/mol. The number of likely N-dealkylation sites (N-methyl/N-ethyl adjacent to an activating group) is 1. The minimum Gasteiger partial charge on any atom is -0.340 e. The molecule has 5 nitrogen and oxygen atoms in total. The van der Waals surface area contributed by atoms with Gasteiger partial charge in [0.15, 0.2) is 5.69 Å². The molecular weight excluding hydrogens is 336 g/mol. The van der Waals surface area contributed by atoms with Crippen LogP contribution < -0.4 is 0 Å². The van der Waals surface area contributed by atoms with Gasteiger partial charge in [-0.15, -0.1) is 0 Å². The van der Waals surface area contributed by atoms with Gasteiger partial charge in [0.2, 0.25) is 0 Å². The van der Waals surface area contributed by atoms with Crippen molar-refractivity contribution in [1.29, 1.82) is 0 Å². The molecule has 0 unspecified atom stereocenters. The van der Waals surface area contributed by atoms with Crippen LogP contribution in [0.2, 0.25) is 0 Å². The lowest BCUT2D eigenvalue weighted by Gasteiger charge is -2.20.